The average Bonchev–Trinajstić information content (AvgIpc) is 2.61. The van der Waals surface area contributed by atoms with Gasteiger partial charge < -0.3 is 16.0 Å². The van der Waals surface area contributed by atoms with Gasteiger partial charge in [-0.2, -0.15) is 13.2 Å². The molecule has 5 nitrogen and oxygen atoms in total. The third-order valence-electron chi connectivity index (χ3n) is 3.75. The van der Waals surface area contributed by atoms with Crippen LogP contribution in [0.15, 0.2) is 47.5 Å². The van der Waals surface area contributed by atoms with E-state index in [1.54, 1.807) is 18.2 Å². The van der Waals surface area contributed by atoms with Gasteiger partial charge in [-0.3, -0.25) is 9.79 Å². The van der Waals surface area contributed by atoms with Gasteiger partial charge in [0.05, 0.1) is 5.56 Å². The standard InChI is InChI=1S/C19H20F4N4O.HI/c1-12(28)27-16-5-3-4-13(8-16)10-25-18(24-2)26-11-14-6-7-15(20)9-17(14)19(21,22)23;/h3-9H,10-11H2,1-2H3,(H,27,28)(H2,24,25,26);1H. The fraction of sp³-hybridized carbons (Fsp3) is 0.263. The molecule has 0 saturated carbocycles. The summed E-state index contributed by atoms with van der Waals surface area (Å²) in [5, 5.41) is 8.43. The van der Waals surface area contributed by atoms with Crippen molar-refractivity contribution < 1.29 is 22.4 Å². The smallest absolute Gasteiger partial charge is 0.352 e. The minimum Gasteiger partial charge on any atom is -0.352 e. The summed E-state index contributed by atoms with van der Waals surface area (Å²) in [6.07, 6.45) is -4.65. The van der Waals surface area contributed by atoms with Gasteiger partial charge in [-0.05, 0) is 35.4 Å². The van der Waals surface area contributed by atoms with E-state index in [1.807, 2.05) is 6.07 Å². The van der Waals surface area contributed by atoms with Crippen LogP contribution in [0.2, 0.25) is 0 Å². The molecule has 0 atom stereocenters. The number of aliphatic imine (C=N–C) groups is 1. The van der Waals surface area contributed by atoms with Crippen LogP contribution >= 0.6 is 24.0 Å². The predicted octanol–water partition coefficient (Wildman–Crippen LogP) is 4.29. The van der Waals surface area contributed by atoms with Gasteiger partial charge in [-0.1, -0.05) is 18.2 Å². The Morgan fingerprint density at radius 1 is 1.07 bits per heavy atom. The lowest BCUT2D eigenvalue weighted by Gasteiger charge is -2.16. The van der Waals surface area contributed by atoms with Crippen molar-refractivity contribution >= 4 is 41.5 Å². The van der Waals surface area contributed by atoms with Gasteiger partial charge in [0.1, 0.15) is 5.82 Å². The molecule has 0 aromatic heterocycles. The van der Waals surface area contributed by atoms with Crippen molar-refractivity contribution in [2.45, 2.75) is 26.2 Å². The lowest BCUT2D eigenvalue weighted by molar-refractivity contribution is -0.138. The van der Waals surface area contributed by atoms with Crippen molar-refractivity contribution in [2.24, 2.45) is 4.99 Å². The molecule has 10 heteroatoms. The maximum absolute atomic E-state index is 13.2. The van der Waals surface area contributed by atoms with Crippen molar-refractivity contribution in [1.29, 1.82) is 0 Å². The molecule has 0 aliphatic rings. The second-order valence-electron chi connectivity index (χ2n) is 5.96. The summed E-state index contributed by atoms with van der Waals surface area (Å²) in [5.41, 5.74) is 0.353. The van der Waals surface area contributed by atoms with Gasteiger partial charge in [-0.25, -0.2) is 4.39 Å². The summed E-state index contributed by atoms with van der Waals surface area (Å²) in [5.74, 6) is -0.859. The maximum Gasteiger partial charge on any atom is 0.416 e. The van der Waals surface area contributed by atoms with Crippen LogP contribution in [-0.2, 0) is 24.1 Å². The Balaban J connectivity index is 0.00000420. The molecular formula is C19H21F4IN4O. The van der Waals surface area contributed by atoms with Crippen LogP contribution in [0.4, 0.5) is 23.2 Å². The minimum atomic E-state index is -4.65. The van der Waals surface area contributed by atoms with E-state index in [1.165, 1.54) is 14.0 Å². The highest BCUT2D eigenvalue weighted by molar-refractivity contribution is 14.0. The highest BCUT2D eigenvalue weighted by Crippen LogP contribution is 2.32. The Morgan fingerprint density at radius 3 is 2.38 bits per heavy atom. The van der Waals surface area contributed by atoms with Crippen molar-refractivity contribution in [3.8, 4) is 0 Å². The molecule has 29 heavy (non-hydrogen) atoms. The average molecular weight is 524 g/mol. The maximum atomic E-state index is 13.2. The van der Waals surface area contributed by atoms with Crippen LogP contribution in [0.5, 0.6) is 0 Å². The third-order valence-corrected chi connectivity index (χ3v) is 3.75. The normalized spacial score (nSPS) is 11.4. The SMILES string of the molecule is CN=C(NCc1cccc(NC(C)=O)c1)NCc1ccc(F)cc1C(F)(F)F.I. The number of carbonyl (C=O) groups is 1. The zero-order chi connectivity index (χ0) is 20.7. The number of nitrogens with zero attached hydrogens (tertiary/aromatic N) is 1. The number of halogens is 5. The van der Waals surface area contributed by atoms with Gasteiger partial charge >= 0.3 is 6.18 Å². The minimum absolute atomic E-state index is 0. The van der Waals surface area contributed by atoms with E-state index in [9.17, 15) is 22.4 Å². The van der Waals surface area contributed by atoms with Crippen LogP contribution in [0.3, 0.4) is 0 Å². The van der Waals surface area contributed by atoms with Gasteiger partial charge in [0.2, 0.25) is 5.91 Å². The van der Waals surface area contributed by atoms with E-state index in [0.29, 0.717) is 18.3 Å². The van der Waals surface area contributed by atoms with Gasteiger partial charge in [0.15, 0.2) is 5.96 Å². The van der Waals surface area contributed by atoms with Crippen LogP contribution in [-0.4, -0.2) is 18.9 Å². The van der Waals surface area contributed by atoms with Crippen LogP contribution in [0.25, 0.3) is 0 Å². The largest absolute Gasteiger partial charge is 0.416 e. The van der Waals surface area contributed by atoms with E-state index >= 15 is 0 Å². The van der Waals surface area contributed by atoms with Gasteiger partial charge in [0, 0.05) is 32.7 Å². The molecule has 1 amide bonds. The summed E-state index contributed by atoms with van der Waals surface area (Å²) in [6.45, 7) is 1.56. The molecule has 0 bridgehead atoms. The van der Waals surface area contributed by atoms with E-state index < -0.39 is 17.6 Å². The number of guanidine groups is 1. The summed E-state index contributed by atoms with van der Waals surface area (Å²) < 4.78 is 52.4. The summed E-state index contributed by atoms with van der Waals surface area (Å²) >= 11 is 0. The molecule has 3 N–H and O–H groups in total. The first-order chi connectivity index (χ1) is 13.2. The first-order valence-corrected chi connectivity index (χ1v) is 8.35. The Hall–Kier alpha value is -2.37. The van der Waals surface area contributed by atoms with E-state index in [4.69, 9.17) is 0 Å². The summed E-state index contributed by atoms with van der Waals surface area (Å²) in [6, 6.07) is 9.65. The zero-order valence-electron chi connectivity index (χ0n) is 15.7. The highest BCUT2D eigenvalue weighted by atomic mass is 127. The lowest BCUT2D eigenvalue weighted by atomic mass is 10.1. The number of benzene rings is 2. The second kappa shape index (κ2) is 11.0. The Labute approximate surface area is 183 Å². The molecule has 2 rings (SSSR count). The molecule has 0 aliphatic heterocycles. The molecule has 2 aromatic carbocycles. The zero-order valence-corrected chi connectivity index (χ0v) is 18.1. The second-order valence-corrected chi connectivity index (χ2v) is 5.96. The van der Waals surface area contributed by atoms with E-state index in [0.717, 1.165) is 17.7 Å². The molecule has 2 aromatic rings. The number of alkyl halides is 3. The fourth-order valence-corrected chi connectivity index (χ4v) is 2.51. The van der Waals surface area contributed by atoms with Gasteiger partial charge in [0.25, 0.3) is 0 Å². The van der Waals surface area contributed by atoms with Crippen LogP contribution < -0.4 is 16.0 Å². The molecule has 0 saturated heterocycles. The monoisotopic (exact) mass is 524 g/mol. The van der Waals surface area contributed by atoms with Crippen molar-refractivity contribution in [3.63, 3.8) is 0 Å². The summed E-state index contributed by atoms with van der Waals surface area (Å²) in [4.78, 5) is 15.1. The molecule has 0 spiro atoms. The number of rotatable bonds is 5. The lowest BCUT2D eigenvalue weighted by Crippen LogP contribution is -2.36. The number of hydrogen-bond donors (Lipinski definition) is 3. The number of anilines is 1. The quantitative estimate of drug-likeness (QED) is 0.237. The third kappa shape index (κ3) is 7.87. The first-order valence-electron chi connectivity index (χ1n) is 8.35. The van der Waals surface area contributed by atoms with E-state index in [-0.39, 0.29) is 48.0 Å². The number of amides is 1. The molecule has 0 aliphatic carbocycles. The topological polar surface area (TPSA) is 65.5 Å². The first kappa shape index (κ1) is 24.7. The molecule has 0 unspecified atom stereocenters. The molecule has 158 valence electrons. The molecule has 0 fully saturated rings. The molecular weight excluding hydrogens is 503 g/mol. The van der Waals surface area contributed by atoms with Crippen LogP contribution in [0, 0.1) is 5.82 Å². The Morgan fingerprint density at radius 2 is 1.76 bits per heavy atom. The number of hydrogen-bond acceptors (Lipinski definition) is 2. The molecule has 0 heterocycles. The number of carbonyl (C=O) groups excluding carboxylic acids is 1. The van der Waals surface area contributed by atoms with Crippen molar-refractivity contribution in [1.82, 2.24) is 10.6 Å². The van der Waals surface area contributed by atoms with Gasteiger partial charge in [-0.15, -0.1) is 24.0 Å². The van der Waals surface area contributed by atoms with Crippen molar-refractivity contribution in [3.05, 3.63) is 65.0 Å². The van der Waals surface area contributed by atoms with Crippen LogP contribution in [0.1, 0.15) is 23.6 Å². The van der Waals surface area contributed by atoms with Crippen molar-refractivity contribution in [2.75, 3.05) is 12.4 Å². The predicted molar refractivity (Wildman–Crippen MR) is 115 cm³/mol. The molecule has 0 radical (unpaired) electrons. The Kier molecular flexibility index (Phi) is 9.34. The van der Waals surface area contributed by atoms with E-state index in [2.05, 4.69) is 20.9 Å². The fourth-order valence-electron chi connectivity index (χ4n) is 2.51. The summed E-state index contributed by atoms with van der Waals surface area (Å²) in [7, 11) is 1.48. The number of nitrogens with one attached hydrogen (secondary N) is 3. The highest BCUT2D eigenvalue weighted by Gasteiger charge is 2.33. The Bertz CT molecular complexity index is 872.